The van der Waals surface area contributed by atoms with Crippen LogP contribution in [0, 0.1) is 13.8 Å². The van der Waals surface area contributed by atoms with Crippen LogP contribution in [0.2, 0.25) is 0 Å². The predicted octanol–water partition coefficient (Wildman–Crippen LogP) is 6.57. The Bertz CT molecular complexity index is 663. The minimum atomic E-state index is -4.36. The lowest BCUT2D eigenvalue weighted by molar-refractivity contribution is -0.138. The molecule has 0 aliphatic heterocycles. The first kappa shape index (κ1) is 16.6. The van der Waals surface area contributed by atoms with Gasteiger partial charge in [0.15, 0.2) is 0 Å². The summed E-state index contributed by atoms with van der Waals surface area (Å²) >= 11 is 6.87. The summed E-state index contributed by atoms with van der Waals surface area (Å²) in [6, 6.07) is 9.50. The van der Waals surface area contributed by atoms with E-state index in [1.165, 1.54) is 12.1 Å². The Hall–Kier alpha value is -0.810. The van der Waals surface area contributed by atoms with E-state index >= 15 is 0 Å². The number of rotatable bonds is 2. The monoisotopic (exact) mass is 420 g/mol. The van der Waals surface area contributed by atoms with Crippen molar-refractivity contribution < 1.29 is 13.2 Å². The summed E-state index contributed by atoms with van der Waals surface area (Å²) in [6.45, 7) is 3.81. The van der Waals surface area contributed by atoms with Crippen LogP contribution in [0.25, 0.3) is 0 Å². The maximum Gasteiger partial charge on any atom is 0.416 e. The zero-order valence-corrected chi connectivity index (χ0v) is 14.6. The average Bonchev–Trinajstić information content (AvgIpc) is 2.41. The van der Waals surface area contributed by atoms with Crippen molar-refractivity contribution in [2.24, 2.45) is 0 Å². The summed E-state index contributed by atoms with van der Waals surface area (Å²) in [5.74, 6) is 0. The second-order valence-electron chi connectivity index (χ2n) is 4.91. The first-order chi connectivity index (χ1) is 9.71. The molecule has 2 aromatic carbocycles. The lowest BCUT2D eigenvalue weighted by atomic mass is 9.95. The number of hydrogen-bond donors (Lipinski definition) is 0. The van der Waals surface area contributed by atoms with Gasteiger partial charge in [0.25, 0.3) is 0 Å². The fourth-order valence-electron chi connectivity index (χ4n) is 2.22. The van der Waals surface area contributed by atoms with Gasteiger partial charge < -0.3 is 0 Å². The van der Waals surface area contributed by atoms with Gasteiger partial charge in [-0.1, -0.05) is 56.1 Å². The Morgan fingerprint density at radius 1 is 0.952 bits per heavy atom. The molecule has 2 aromatic rings. The van der Waals surface area contributed by atoms with Crippen LogP contribution in [0.1, 0.15) is 32.6 Å². The topological polar surface area (TPSA) is 0 Å². The van der Waals surface area contributed by atoms with Crippen molar-refractivity contribution in [1.82, 2.24) is 0 Å². The van der Waals surface area contributed by atoms with Crippen LogP contribution >= 0.6 is 31.9 Å². The van der Waals surface area contributed by atoms with E-state index in [1.54, 1.807) is 6.07 Å². The lowest BCUT2D eigenvalue weighted by Crippen LogP contribution is -2.11. The number of alkyl halides is 4. The van der Waals surface area contributed by atoms with Gasteiger partial charge >= 0.3 is 6.18 Å². The summed E-state index contributed by atoms with van der Waals surface area (Å²) in [7, 11) is 0. The Morgan fingerprint density at radius 3 is 2.19 bits per heavy atom. The Morgan fingerprint density at radius 2 is 1.57 bits per heavy atom. The zero-order chi connectivity index (χ0) is 15.8. The van der Waals surface area contributed by atoms with Gasteiger partial charge in [-0.05, 0) is 48.2 Å². The lowest BCUT2D eigenvalue weighted by Gasteiger charge is -2.19. The van der Waals surface area contributed by atoms with E-state index in [0.717, 1.165) is 27.2 Å². The molecule has 0 bridgehead atoms. The number of halogens is 5. The van der Waals surface area contributed by atoms with Gasteiger partial charge in [0.1, 0.15) is 0 Å². The molecule has 0 heterocycles. The van der Waals surface area contributed by atoms with Crippen LogP contribution in [-0.4, -0.2) is 0 Å². The van der Waals surface area contributed by atoms with Crippen LogP contribution in [0.5, 0.6) is 0 Å². The minimum absolute atomic E-state index is 0.231. The number of hydrogen-bond acceptors (Lipinski definition) is 0. The van der Waals surface area contributed by atoms with E-state index in [-0.39, 0.29) is 5.56 Å². The molecule has 0 aromatic heterocycles. The number of aryl methyl sites for hydroxylation is 2. The Labute approximate surface area is 138 Å². The molecule has 1 unspecified atom stereocenters. The summed E-state index contributed by atoms with van der Waals surface area (Å²) in [6.07, 6.45) is -4.36. The van der Waals surface area contributed by atoms with E-state index in [0.29, 0.717) is 0 Å². The van der Waals surface area contributed by atoms with Crippen molar-refractivity contribution in [2.45, 2.75) is 24.9 Å². The molecule has 0 aliphatic rings. The molecule has 2 rings (SSSR count). The summed E-state index contributed by atoms with van der Waals surface area (Å²) in [4.78, 5) is -0.498. The Kier molecular flexibility index (Phi) is 4.83. The van der Waals surface area contributed by atoms with Crippen molar-refractivity contribution >= 4 is 31.9 Å². The van der Waals surface area contributed by atoms with Gasteiger partial charge in [-0.2, -0.15) is 13.2 Å². The summed E-state index contributed by atoms with van der Waals surface area (Å²) in [5, 5.41) is 0. The van der Waals surface area contributed by atoms with E-state index in [9.17, 15) is 13.2 Å². The van der Waals surface area contributed by atoms with Crippen LogP contribution in [-0.2, 0) is 6.18 Å². The molecule has 0 N–H and O–H groups in total. The van der Waals surface area contributed by atoms with E-state index in [2.05, 4.69) is 31.9 Å². The second kappa shape index (κ2) is 6.13. The first-order valence-electron chi connectivity index (χ1n) is 6.28. The fourth-order valence-corrected chi connectivity index (χ4v) is 3.57. The van der Waals surface area contributed by atoms with Crippen LogP contribution in [0.15, 0.2) is 40.9 Å². The van der Waals surface area contributed by atoms with Gasteiger partial charge in [-0.3, -0.25) is 0 Å². The minimum Gasteiger partial charge on any atom is -0.166 e. The van der Waals surface area contributed by atoms with Crippen molar-refractivity contribution in [3.8, 4) is 0 Å². The maximum atomic E-state index is 13.1. The highest BCUT2D eigenvalue weighted by molar-refractivity contribution is 9.10. The van der Waals surface area contributed by atoms with Crippen LogP contribution < -0.4 is 0 Å². The van der Waals surface area contributed by atoms with Crippen LogP contribution in [0.4, 0.5) is 13.2 Å². The van der Waals surface area contributed by atoms with E-state index in [4.69, 9.17) is 0 Å². The highest BCUT2D eigenvalue weighted by Gasteiger charge is 2.35. The largest absolute Gasteiger partial charge is 0.416 e. The molecular formula is C16H13Br2F3. The molecule has 0 amide bonds. The van der Waals surface area contributed by atoms with Crippen molar-refractivity contribution in [3.05, 3.63) is 68.7 Å². The fraction of sp³-hybridized carbons (Fsp3) is 0.250. The molecule has 0 fully saturated rings. The molecule has 21 heavy (non-hydrogen) atoms. The highest BCUT2D eigenvalue weighted by atomic mass is 79.9. The smallest absolute Gasteiger partial charge is 0.166 e. The highest BCUT2D eigenvalue weighted by Crippen LogP contribution is 2.41. The van der Waals surface area contributed by atoms with Crippen molar-refractivity contribution in [3.63, 3.8) is 0 Å². The number of benzene rings is 2. The normalized spacial score (nSPS) is 13.3. The van der Waals surface area contributed by atoms with Gasteiger partial charge in [0.2, 0.25) is 0 Å². The molecule has 0 radical (unpaired) electrons. The Balaban J connectivity index is 2.56. The SMILES string of the molecule is Cc1cc(C(Br)c2ccccc2C(F)(F)F)c(C)cc1Br. The third-order valence-corrected chi connectivity index (χ3v) is 5.20. The van der Waals surface area contributed by atoms with Gasteiger partial charge in [-0.15, -0.1) is 0 Å². The van der Waals surface area contributed by atoms with Gasteiger partial charge in [0, 0.05) is 4.47 Å². The molecule has 0 saturated heterocycles. The summed E-state index contributed by atoms with van der Waals surface area (Å²) < 4.78 is 40.4. The standard InChI is InChI=1S/C16H13Br2F3/c1-9-8-14(17)10(2)7-12(9)15(18)11-5-3-4-6-13(11)16(19,20)21/h3-8,15H,1-2H3. The molecule has 0 nitrogen and oxygen atoms in total. The summed E-state index contributed by atoms with van der Waals surface area (Å²) in [5.41, 5.74) is 2.39. The first-order valence-corrected chi connectivity index (χ1v) is 7.99. The second-order valence-corrected chi connectivity index (χ2v) is 6.68. The van der Waals surface area contributed by atoms with Crippen molar-refractivity contribution in [2.75, 3.05) is 0 Å². The zero-order valence-electron chi connectivity index (χ0n) is 11.4. The van der Waals surface area contributed by atoms with Crippen LogP contribution in [0.3, 0.4) is 0 Å². The molecule has 0 spiro atoms. The van der Waals surface area contributed by atoms with Gasteiger partial charge in [-0.25, -0.2) is 0 Å². The third-order valence-electron chi connectivity index (χ3n) is 3.36. The third kappa shape index (κ3) is 3.51. The molecule has 1 atom stereocenters. The van der Waals surface area contributed by atoms with E-state index < -0.39 is 16.6 Å². The quantitative estimate of drug-likeness (QED) is 0.481. The molecule has 0 aliphatic carbocycles. The molecule has 112 valence electrons. The average molecular weight is 422 g/mol. The van der Waals surface area contributed by atoms with Gasteiger partial charge in [0.05, 0.1) is 10.4 Å². The molecule has 5 heteroatoms. The predicted molar refractivity (Wildman–Crippen MR) is 85.8 cm³/mol. The maximum absolute atomic E-state index is 13.1. The molecular weight excluding hydrogens is 409 g/mol. The molecule has 0 saturated carbocycles. The van der Waals surface area contributed by atoms with E-state index in [1.807, 2.05) is 26.0 Å². The van der Waals surface area contributed by atoms with Crippen molar-refractivity contribution in [1.29, 1.82) is 0 Å².